The maximum atomic E-state index is 11.4. The van der Waals surface area contributed by atoms with Crippen molar-refractivity contribution in [2.45, 2.75) is 39.7 Å². The summed E-state index contributed by atoms with van der Waals surface area (Å²) in [5, 5.41) is 4.33. The number of rotatable bonds is 4. The minimum absolute atomic E-state index is 0.163. The van der Waals surface area contributed by atoms with E-state index in [2.05, 4.69) is 28.9 Å². The number of carbonyl (C=O) groups excluding carboxylic acids is 1. The first-order chi connectivity index (χ1) is 11.0. The zero-order chi connectivity index (χ0) is 16.4. The number of nitrogens with zero attached hydrogens (tertiary/aromatic N) is 5. The molecule has 6 nitrogen and oxygen atoms in total. The molecule has 2 aromatic rings. The highest BCUT2D eigenvalue weighted by Gasteiger charge is 2.24. The van der Waals surface area contributed by atoms with Crippen molar-refractivity contribution in [3.8, 4) is 11.4 Å². The van der Waals surface area contributed by atoms with E-state index in [-0.39, 0.29) is 11.9 Å². The molecule has 2 aromatic heterocycles. The van der Waals surface area contributed by atoms with Crippen molar-refractivity contribution in [1.82, 2.24) is 24.6 Å². The molecule has 0 unspecified atom stereocenters. The fraction of sp³-hybridized carbons (Fsp3) is 0.529. The van der Waals surface area contributed by atoms with Gasteiger partial charge in [-0.1, -0.05) is 0 Å². The fourth-order valence-corrected chi connectivity index (χ4v) is 3.10. The van der Waals surface area contributed by atoms with Crippen molar-refractivity contribution in [2.24, 2.45) is 5.92 Å². The Labute approximate surface area is 136 Å². The molecule has 0 bridgehead atoms. The number of likely N-dealkylation sites (tertiary alicyclic amines) is 1. The van der Waals surface area contributed by atoms with Gasteiger partial charge in [-0.3, -0.25) is 19.4 Å². The minimum atomic E-state index is 0.163. The summed E-state index contributed by atoms with van der Waals surface area (Å²) in [4.78, 5) is 22.4. The molecule has 1 amide bonds. The lowest BCUT2D eigenvalue weighted by Gasteiger charge is -2.14. The van der Waals surface area contributed by atoms with Gasteiger partial charge in [-0.05, 0) is 38.7 Å². The van der Waals surface area contributed by atoms with Crippen LogP contribution in [0.2, 0.25) is 0 Å². The summed E-state index contributed by atoms with van der Waals surface area (Å²) in [6.07, 6.45) is 7.38. The van der Waals surface area contributed by atoms with Gasteiger partial charge in [0.15, 0.2) is 0 Å². The van der Waals surface area contributed by atoms with E-state index in [0.29, 0.717) is 5.92 Å². The zero-order valence-corrected chi connectivity index (χ0v) is 13.9. The lowest BCUT2D eigenvalue weighted by Crippen LogP contribution is -2.26. The van der Waals surface area contributed by atoms with Crippen LogP contribution in [0.5, 0.6) is 0 Å². The van der Waals surface area contributed by atoms with Gasteiger partial charge >= 0.3 is 0 Å². The summed E-state index contributed by atoms with van der Waals surface area (Å²) in [7, 11) is 0. The number of hydrogen-bond donors (Lipinski definition) is 0. The Morgan fingerprint density at radius 3 is 2.78 bits per heavy atom. The summed E-state index contributed by atoms with van der Waals surface area (Å²) in [6.45, 7) is 7.52. The fourth-order valence-electron chi connectivity index (χ4n) is 3.10. The van der Waals surface area contributed by atoms with Crippen molar-refractivity contribution in [3.05, 3.63) is 30.4 Å². The standard InChI is InChI=1S/C17H23N5O/c1-12(2)22-17(4-6-20-22)16-10-18-15(9-19-16)8-14-5-7-21(11-14)13(3)23/h4,6,9-10,12,14H,5,7-8,11H2,1-3H3/t14-/m0/s1. The van der Waals surface area contributed by atoms with Crippen LogP contribution in [-0.4, -0.2) is 43.6 Å². The molecule has 1 aliphatic rings. The SMILES string of the molecule is CC(=O)N1CC[C@@H](Cc2cnc(-c3ccnn3C(C)C)cn2)C1. The predicted octanol–water partition coefficient (Wildman–Crippen LogP) is 2.33. The van der Waals surface area contributed by atoms with Crippen LogP contribution in [0.4, 0.5) is 0 Å². The van der Waals surface area contributed by atoms with Crippen LogP contribution in [0.3, 0.4) is 0 Å². The van der Waals surface area contributed by atoms with E-state index in [0.717, 1.165) is 43.0 Å². The highest BCUT2D eigenvalue weighted by Crippen LogP contribution is 2.22. The zero-order valence-electron chi connectivity index (χ0n) is 13.9. The first kappa shape index (κ1) is 15.6. The van der Waals surface area contributed by atoms with Gasteiger partial charge in [0.2, 0.25) is 5.91 Å². The van der Waals surface area contributed by atoms with Crippen molar-refractivity contribution in [3.63, 3.8) is 0 Å². The summed E-state index contributed by atoms with van der Waals surface area (Å²) < 4.78 is 1.95. The number of carbonyl (C=O) groups is 1. The average molecular weight is 313 g/mol. The van der Waals surface area contributed by atoms with Crippen molar-refractivity contribution in [1.29, 1.82) is 0 Å². The van der Waals surface area contributed by atoms with Crippen LogP contribution in [0.25, 0.3) is 11.4 Å². The maximum Gasteiger partial charge on any atom is 0.219 e. The normalized spacial score (nSPS) is 17.9. The van der Waals surface area contributed by atoms with E-state index < -0.39 is 0 Å². The minimum Gasteiger partial charge on any atom is -0.343 e. The molecule has 6 heteroatoms. The first-order valence-electron chi connectivity index (χ1n) is 8.15. The second-order valence-electron chi connectivity index (χ2n) is 6.47. The molecule has 23 heavy (non-hydrogen) atoms. The largest absolute Gasteiger partial charge is 0.343 e. The smallest absolute Gasteiger partial charge is 0.219 e. The summed E-state index contributed by atoms with van der Waals surface area (Å²) in [5.74, 6) is 0.649. The van der Waals surface area contributed by atoms with Gasteiger partial charge in [-0.2, -0.15) is 5.10 Å². The van der Waals surface area contributed by atoms with Gasteiger partial charge in [0, 0.05) is 38.4 Å². The van der Waals surface area contributed by atoms with Gasteiger partial charge in [0.05, 0.1) is 17.6 Å². The predicted molar refractivity (Wildman–Crippen MR) is 87.7 cm³/mol. The van der Waals surface area contributed by atoms with Crippen LogP contribution in [0.15, 0.2) is 24.7 Å². The highest BCUT2D eigenvalue weighted by molar-refractivity contribution is 5.73. The molecular formula is C17H23N5O. The first-order valence-corrected chi connectivity index (χ1v) is 8.15. The van der Waals surface area contributed by atoms with Crippen LogP contribution in [0, 0.1) is 5.92 Å². The summed E-state index contributed by atoms with van der Waals surface area (Å²) >= 11 is 0. The van der Waals surface area contributed by atoms with E-state index in [1.807, 2.05) is 28.0 Å². The van der Waals surface area contributed by atoms with E-state index in [4.69, 9.17) is 0 Å². The third-order valence-electron chi connectivity index (χ3n) is 4.36. The van der Waals surface area contributed by atoms with Gasteiger partial charge in [0.25, 0.3) is 0 Å². The molecule has 0 aromatic carbocycles. The molecule has 1 saturated heterocycles. The van der Waals surface area contributed by atoms with E-state index in [9.17, 15) is 4.79 Å². The van der Waals surface area contributed by atoms with Gasteiger partial charge in [0.1, 0.15) is 5.69 Å². The van der Waals surface area contributed by atoms with Gasteiger partial charge in [-0.15, -0.1) is 0 Å². The van der Waals surface area contributed by atoms with Crippen molar-refractivity contribution < 1.29 is 4.79 Å². The third-order valence-corrected chi connectivity index (χ3v) is 4.36. The lowest BCUT2D eigenvalue weighted by atomic mass is 10.0. The Morgan fingerprint density at radius 1 is 1.35 bits per heavy atom. The third kappa shape index (κ3) is 3.41. The molecule has 1 aliphatic heterocycles. The molecule has 0 N–H and O–H groups in total. The van der Waals surface area contributed by atoms with E-state index in [1.165, 1.54) is 0 Å². The van der Waals surface area contributed by atoms with Crippen LogP contribution in [0.1, 0.15) is 38.9 Å². The Kier molecular flexibility index (Phi) is 4.41. The second-order valence-corrected chi connectivity index (χ2v) is 6.47. The average Bonchev–Trinajstić information content (AvgIpc) is 3.17. The summed E-state index contributed by atoms with van der Waals surface area (Å²) in [6, 6.07) is 2.25. The Hall–Kier alpha value is -2.24. The van der Waals surface area contributed by atoms with Crippen molar-refractivity contribution >= 4 is 5.91 Å². The molecule has 1 fully saturated rings. The van der Waals surface area contributed by atoms with Crippen LogP contribution in [-0.2, 0) is 11.2 Å². The van der Waals surface area contributed by atoms with Gasteiger partial charge in [-0.25, -0.2) is 0 Å². The lowest BCUT2D eigenvalue weighted by molar-refractivity contribution is -0.127. The molecule has 0 radical (unpaired) electrons. The van der Waals surface area contributed by atoms with Crippen molar-refractivity contribution in [2.75, 3.05) is 13.1 Å². The number of aromatic nitrogens is 4. The molecule has 0 spiro atoms. The van der Waals surface area contributed by atoms with E-state index >= 15 is 0 Å². The van der Waals surface area contributed by atoms with Crippen LogP contribution < -0.4 is 0 Å². The molecule has 3 rings (SSSR count). The molecular weight excluding hydrogens is 290 g/mol. The Bertz CT molecular complexity index is 677. The Morgan fingerprint density at radius 2 is 2.17 bits per heavy atom. The van der Waals surface area contributed by atoms with Gasteiger partial charge < -0.3 is 4.90 Å². The molecule has 1 atom stereocenters. The maximum absolute atomic E-state index is 11.4. The number of hydrogen-bond acceptors (Lipinski definition) is 4. The molecule has 0 aliphatic carbocycles. The quantitative estimate of drug-likeness (QED) is 0.869. The number of amides is 1. The summed E-state index contributed by atoms with van der Waals surface area (Å²) in [5.41, 5.74) is 2.82. The highest BCUT2D eigenvalue weighted by atomic mass is 16.2. The molecule has 122 valence electrons. The monoisotopic (exact) mass is 313 g/mol. The van der Waals surface area contributed by atoms with Crippen LogP contribution >= 0.6 is 0 Å². The molecule has 3 heterocycles. The topological polar surface area (TPSA) is 63.9 Å². The van der Waals surface area contributed by atoms with E-state index in [1.54, 1.807) is 13.1 Å². The molecule has 0 saturated carbocycles. The second kappa shape index (κ2) is 6.48. The Balaban J connectivity index is 1.68.